The van der Waals surface area contributed by atoms with Crippen molar-refractivity contribution in [2.24, 2.45) is 5.41 Å². The maximum atomic E-state index is 3.88. The predicted molar refractivity (Wildman–Crippen MR) is 85.0 cm³/mol. The van der Waals surface area contributed by atoms with Gasteiger partial charge in [-0.3, -0.25) is 0 Å². The molecule has 0 spiro atoms. The van der Waals surface area contributed by atoms with Crippen LogP contribution in [0, 0.1) is 5.41 Å². The van der Waals surface area contributed by atoms with Crippen molar-refractivity contribution >= 4 is 31.1 Å². The van der Waals surface area contributed by atoms with Crippen molar-refractivity contribution in [2.45, 2.75) is 39.0 Å². The fourth-order valence-electron chi connectivity index (χ4n) is 1.79. The normalized spacial score (nSPS) is 10.9. The van der Waals surface area contributed by atoms with Crippen molar-refractivity contribution in [3.05, 3.63) is 38.0 Å². The molecule has 0 nitrogen and oxygen atoms in total. The van der Waals surface area contributed by atoms with E-state index in [1.54, 1.807) is 0 Å². The second kappa shape index (κ2) is 9.94. The first kappa shape index (κ1) is 17.0. The number of hydrogen-bond acceptors (Lipinski definition) is 1. The Morgan fingerprint density at radius 1 is 1.12 bits per heavy atom. The van der Waals surface area contributed by atoms with Crippen molar-refractivity contribution in [3.8, 4) is 0 Å². The van der Waals surface area contributed by atoms with Gasteiger partial charge >= 0.3 is 119 Å². The van der Waals surface area contributed by atoms with Gasteiger partial charge in [-0.15, -0.1) is 0 Å². The van der Waals surface area contributed by atoms with Gasteiger partial charge in [0.05, 0.1) is 0 Å². The van der Waals surface area contributed by atoms with Gasteiger partial charge in [0.15, 0.2) is 0 Å². The van der Waals surface area contributed by atoms with Crippen molar-refractivity contribution in [2.75, 3.05) is 5.75 Å². The number of unbranched alkanes of at least 4 members (excludes halogenated alkanes) is 1. The van der Waals surface area contributed by atoms with E-state index in [9.17, 15) is 0 Å². The molecule has 0 atom stereocenters. The van der Waals surface area contributed by atoms with E-state index in [-0.39, 0.29) is 5.41 Å². The Bertz CT molecular complexity index is 242. The number of rotatable bonds is 11. The molecular weight excluding hydrogens is 291 g/mol. The summed E-state index contributed by atoms with van der Waals surface area (Å²) in [4.78, 5) is 0. The summed E-state index contributed by atoms with van der Waals surface area (Å²) in [7, 11) is 0. The molecule has 0 aliphatic heterocycles. The summed E-state index contributed by atoms with van der Waals surface area (Å²) in [6.07, 6.45) is 11.5. The van der Waals surface area contributed by atoms with Crippen molar-refractivity contribution in [1.82, 2.24) is 0 Å². The van der Waals surface area contributed by atoms with Gasteiger partial charge in [-0.2, -0.15) is 0 Å². The van der Waals surface area contributed by atoms with Crippen LogP contribution in [0.4, 0.5) is 0 Å². The van der Waals surface area contributed by atoms with Gasteiger partial charge in [0.2, 0.25) is 0 Å². The van der Waals surface area contributed by atoms with Crippen molar-refractivity contribution < 1.29 is 0 Å². The van der Waals surface area contributed by atoms with Crippen molar-refractivity contribution in [3.63, 3.8) is 0 Å². The van der Waals surface area contributed by atoms with Gasteiger partial charge in [-0.1, -0.05) is 0 Å². The first-order chi connectivity index (χ1) is 8.16. The number of hydrogen-bond donors (Lipinski definition) is 0. The predicted octanol–water partition coefficient (Wildman–Crippen LogP) is 4.53. The summed E-state index contributed by atoms with van der Waals surface area (Å²) >= 11 is 5.21. The molecule has 0 saturated heterocycles. The average Bonchev–Trinajstić information content (AvgIpc) is 2.30. The Kier molecular flexibility index (Phi) is 9.91. The van der Waals surface area contributed by atoms with Gasteiger partial charge in [0.1, 0.15) is 0 Å². The molecule has 0 radical (unpaired) electrons. The molecule has 0 bridgehead atoms. The van der Waals surface area contributed by atoms with Crippen LogP contribution in [-0.4, -0.2) is 25.1 Å². The average molecular weight is 315 g/mol. The van der Waals surface area contributed by atoms with Gasteiger partial charge in [0.25, 0.3) is 0 Å². The van der Waals surface area contributed by atoms with E-state index >= 15 is 0 Å². The second-order valence-corrected chi connectivity index (χ2v) is 6.79. The quantitative estimate of drug-likeness (QED) is 0.307. The molecule has 0 aromatic carbocycles. The summed E-state index contributed by atoms with van der Waals surface area (Å²) < 4.78 is 1.38. The molecule has 0 aromatic heterocycles. The third-order valence-electron chi connectivity index (χ3n) is 2.77. The van der Waals surface area contributed by atoms with Gasteiger partial charge < -0.3 is 0 Å². The summed E-state index contributed by atoms with van der Waals surface area (Å²) in [5.41, 5.74) is 0.129. The Labute approximate surface area is 119 Å². The first-order valence-electron chi connectivity index (χ1n) is 6.16. The zero-order valence-electron chi connectivity index (χ0n) is 10.9. The molecule has 0 unspecified atom stereocenters. The summed E-state index contributed by atoms with van der Waals surface area (Å²) in [5.74, 6) is 1.19. The van der Waals surface area contributed by atoms with E-state index in [2.05, 4.69) is 42.2 Å². The van der Waals surface area contributed by atoms with Crippen LogP contribution in [-0.2, 0) is 0 Å². The molecule has 0 fully saturated rings. The summed E-state index contributed by atoms with van der Waals surface area (Å²) in [5, 5.41) is 0. The molecule has 0 aromatic rings. The molecule has 17 heavy (non-hydrogen) atoms. The Morgan fingerprint density at radius 3 is 1.94 bits per heavy atom. The number of allylic oxidation sites excluding steroid dienone is 3. The summed E-state index contributed by atoms with van der Waals surface area (Å²) in [6, 6.07) is 0. The molecule has 0 aliphatic carbocycles. The van der Waals surface area contributed by atoms with E-state index in [0.29, 0.717) is 0 Å². The van der Waals surface area contributed by atoms with E-state index < -0.39 is 0 Å². The van der Waals surface area contributed by atoms with Crippen LogP contribution < -0.4 is 0 Å². The summed E-state index contributed by atoms with van der Waals surface area (Å²) in [6.45, 7) is 13.9. The molecule has 0 saturated carbocycles. The van der Waals surface area contributed by atoms with Crippen LogP contribution in [0.1, 0.15) is 39.0 Å². The monoisotopic (exact) mass is 316 g/mol. The van der Waals surface area contributed by atoms with Crippen LogP contribution >= 0.6 is 11.8 Å². The zero-order valence-corrected chi connectivity index (χ0v) is 13.4. The van der Waals surface area contributed by atoms with Crippen LogP contribution in [0.15, 0.2) is 38.0 Å². The molecule has 2 heteroatoms. The molecule has 0 rings (SSSR count). The topological polar surface area (TPSA) is 0 Å². The third kappa shape index (κ3) is 5.90. The van der Waals surface area contributed by atoms with Crippen LogP contribution in [0.25, 0.3) is 0 Å². The van der Waals surface area contributed by atoms with E-state index in [1.165, 1.54) is 22.3 Å². The first-order valence-corrected chi connectivity index (χ1v) is 8.01. The van der Waals surface area contributed by atoms with E-state index in [1.807, 2.05) is 30.0 Å². The third-order valence-corrected chi connectivity index (χ3v) is 5.61. The minimum absolute atomic E-state index is 0.129. The minimum atomic E-state index is 0.129. The van der Waals surface area contributed by atoms with Crippen molar-refractivity contribution in [1.29, 1.82) is 0 Å². The fourth-order valence-corrected chi connectivity index (χ4v) is 4.01. The Morgan fingerprint density at radius 2 is 1.59 bits per heavy atom. The zero-order chi connectivity index (χ0) is 13.1. The van der Waals surface area contributed by atoms with Crippen LogP contribution in [0.2, 0.25) is 0 Å². The van der Waals surface area contributed by atoms with Gasteiger partial charge in [-0.25, -0.2) is 0 Å². The van der Waals surface area contributed by atoms with Crippen LogP contribution in [0.3, 0.4) is 0 Å². The standard InChI is InChI=1S/C15H24SSe/c1-5-9-13-16-14(17)15(10-6-2,11-7-3)12-8-4/h6-8H,2-5,9-13H2,1H3. The van der Waals surface area contributed by atoms with Gasteiger partial charge in [-0.05, 0) is 0 Å². The molecule has 0 aliphatic rings. The van der Waals surface area contributed by atoms with E-state index in [4.69, 9.17) is 0 Å². The fraction of sp³-hybridized carbons (Fsp3) is 0.533. The van der Waals surface area contributed by atoms with E-state index in [0.717, 1.165) is 19.3 Å². The molecule has 0 N–H and O–H groups in total. The molecule has 0 heterocycles. The Hall–Kier alpha value is -0.0405. The Balaban J connectivity index is 4.71. The van der Waals surface area contributed by atoms with Crippen LogP contribution in [0.5, 0.6) is 0 Å². The molecule has 96 valence electrons. The number of thioether (sulfide) groups is 1. The second-order valence-electron chi connectivity index (χ2n) is 4.25. The van der Waals surface area contributed by atoms with Gasteiger partial charge in [0, 0.05) is 0 Å². The maximum absolute atomic E-state index is 3.88. The molecule has 0 amide bonds. The SMILES string of the molecule is C=CCC(CC=C)(CC=C)C(=[Se])SCCCC. The molecular formula is C15H24SSe.